The van der Waals surface area contributed by atoms with Crippen molar-refractivity contribution < 1.29 is 9.66 Å². The largest absolute Gasteiger partial charge is 0.486 e. The number of nitro benzene ring substituents is 1. The van der Waals surface area contributed by atoms with E-state index in [0.29, 0.717) is 24.2 Å². The van der Waals surface area contributed by atoms with Gasteiger partial charge in [-0.2, -0.15) is 0 Å². The maximum absolute atomic E-state index is 11.0. The van der Waals surface area contributed by atoms with Gasteiger partial charge >= 0.3 is 5.69 Å². The second-order valence-corrected chi connectivity index (χ2v) is 7.18. The third-order valence-corrected chi connectivity index (χ3v) is 5.32. The van der Waals surface area contributed by atoms with Gasteiger partial charge in [-0.25, -0.2) is 0 Å². The molecule has 0 amide bonds. The molecular formula is C17H22N4O3S. The van der Waals surface area contributed by atoms with Crippen LogP contribution in [0.15, 0.2) is 29.4 Å². The first kappa shape index (κ1) is 17.7. The molecule has 1 aliphatic carbocycles. The molecule has 8 heteroatoms. The van der Waals surface area contributed by atoms with E-state index in [0.717, 1.165) is 11.0 Å². The number of benzene rings is 1. The third-order valence-electron chi connectivity index (χ3n) is 4.41. The molecule has 134 valence electrons. The van der Waals surface area contributed by atoms with Crippen LogP contribution >= 0.6 is 11.8 Å². The maximum Gasteiger partial charge on any atom is 0.310 e. The van der Waals surface area contributed by atoms with Crippen LogP contribution in [-0.2, 0) is 0 Å². The molecule has 1 aromatic carbocycles. The molecule has 2 aromatic rings. The molecular weight excluding hydrogens is 340 g/mol. The minimum absolute atomic E-state index is 0.00582. The Labute approximate surface area is 150 Å². The van der Waals surface area contributed by atoms with Crippen LogP contribution in [0.5, 0.6) is 5.75 Å². The van der Waals surface area contributed by atoms with Gasteiger partial charge in [-0.15, -0.1) is 10.2 Å². The average Bonchev–Trinajstić information content (AvgIpc) is 3.00. The summed E-state index contributed by atoms with van der Waals surface area (Å²) >= 11 is 1.59. The highest BCUT2D eigenvalue weighted by Gasteiger charge is 2.21. The molecule has 1 heterocycles. The molecule has 0 unspecified atom stereocenters. The molecule has 0 radical (unpaired) electrons. The van der Waals surface area contributed by atoms with Crippen molar-refractivity contribution in [3.05, 3.63) is 40.2 Å². The number of thioether (sulfide) groups is 1. The number of rotatable bonds is 7. The number of ether oxygens (including phenoxy) is 1. The van der Waals surface area contributed by atoms with Crippen molar-refractivity contribution in [1.82, 2.24) is 14.8 Å². The quantitative estimate of drug-likeness (QED) is 0.318. The zero-order valence-corrected chi connectivity index (χ0v) is 15.1. The first-order valence-corrected chi connectivity index (χ1v) is 9.56. The summed E-state index contributed by atoms with van der Waals surface area (Å²) in [6, 6.07) is 6.93. The Balaban J connectivity index is 1.57. The molecule has 25 heavy (non-hydrogen) atoms. The van der Waals surface area contributed by atoms with Gasteiger partial charge in [0.15, 0.2) is 10.9 Å². The number of nitrogens with zero attached hydrogens (tertiary/aromatic N) is 4. The van der Waals surface area contributed by atoms with E-state index >= 15 is 0 Å². The number of hydrogen-bond donors (Lipinski definition) is 0. The van der Waals surface area contributed by atoms with Crippen LogP contribution < -0.4 is 4.74 Å². The van der Waals surface area contributed by atoms with Crippen molar-refractivity contribution in [1.29, 1.82) is 0 Å². The van der Waals surface area contributed by atoms with Crippen LogP contribution in [0.3, 0.4) is 0 Å². The Morgan fingerprint density at radius 2 is 2.04 bits per heavy atom. The van der Waals surface area contributed by atoms with Crippen molar-refractivity contribution >= 4 is 17.4 Å². The van der Waals surface area contributed by atoms with Crippen LogP contribution in [0, 0.1) is 17.0 Å². The van der Waals surface area contributed by atoms with Crippen LogP contribution in [0.1, 0.15) is 44.0 Å². The lowest BCUT2D eigenvalue weighted by molar-refractivity contribution is -0.385. The number of hydrogen-bond acceptors (Lipinski definition) is 6. The zero-order valence-electron chi connectivity index (χ0n) is 14.3. The lowest BCUT2D eigenvalue weighted by Gasteiger charge is -2.24. The standard InChI is InChI=1S/C17H22N4O3S/c1-13-18-19-17(20(13)14-7-3-2-4-8-14)25-12-11-24-16-10-6-5-9-15(16)21(22)23/h5-6,9-10,14H,2-4,7-8,11-12H2,1H3. The summed E-state index contributed by atoms with van der Waals surface area (Å²) < 4.78 is 7.84. The summed E-state index contributed by atoms with van der Waals surface area (Å²) in [6.45, 7) is 2.38. The Hall–Kier alpha value is -2.09. The number of nitro groups is 1. The number of para-hydroxylation sites is 2. The van der Waals surface area contributed by atoms with Gasteiger partial charge in [0.05, 0.1) is 11.5 Å². The molecule has 1 fully saturated rings. The fraction of sp³-hybridized carbons (Fsp3) is 0.529. The minimum Gasteiger partial charge on any atom is -0.486 e. The zero-order chi connectivity index (χ0) is 17.6. The highest BCUT2D eigenvalue weighted by atomic mass is 32.2. The van der Waals surface area contributed by atoms with Crippen molar-refractivity contribution in [2.45, 2.75) is 50.2 Å². The molecule has 1 aliphatic rings. The van der Waals surface area contributed by atoms with E-state index in [1.807, 2.05) is 6.92 Å². The highest BCUT2D eigenvalue weighted by molar-refractivity contribution is 7.99. The van der Waals surface area contributed by atoms with Gasteiger partial charge < -0.3 is 9.30 Å². The van der Waals surface area contributed by atoms with Crippen molar-refractivity contribution in [2.24, 2.45) is 0 Å². The molecule has 0 bridgehead atoms. The smallest absolute Gasteiger partial charge is 0.310 e. The molecule has 0 N–H and O–H groups in total. The second kappa shape index (κ2) is 8.33. The molecule has 0 spiro atoms. The number of aromatic nitrogens is 3. The van der Waals surface area contributed by atoms with E-state index in [9.17, 15) is 10.1 Å². The first-order chi connectivity index (χ1) is 12.2. The predicted molar refractivity (Wildman–Crippen MR) is 96.2 cm³/mol. The lowest BCUT2D eigenvalue weighted by atomic mass is 9.95. The van der Waals surface area contributed by atoms with Crippen LogP contribution in [-0.4, -0.2) is 32.0 Å². The van der Waals surface area contributed by atoms with Crippen molar-refractivity contribution in [2.75, 3.05) is 12.4 Å². The third kappa shape index (κ3) is 4.31. The molecule has 0 saturated heterocycles. The van der Waals surface area contributed by atoms with Gasteiger partial charge in [0.25, 0.3) is 0 Å². The summed E-state index contributed by atoms with van der Waals surface area (Å²) in [5, 5.41) is 20.4. The monoisotopic (exact) mass is 362 g/mol. The fourth-order valence-electron chi connectivity index (χ4n) is 3.22. The molecule has 0 atom stereocenters. The SMILES string of the molecule is Cc1nnc(SCCOc2ccccc2[N+](=O)[O-])n1C1CCCCC1. The molecule has 0 aliphatic heterocycles. The maximum atomic E-state index is 11.0. The number of aryl methyl sites for hydroxylation is 1. The Kier molecular flexibility index (Phi) is 5.91. The Morgan fingerprint density at radius 3 is 2.80 bits per heavy atom. The second-order valence-electron chi connectivity index (χ2n) is 6.11. The average molecular weight is 362 g/mol. The lowest BCUT2D eigenvalue weighted by Crippen LogP contribution is -2.15. The van der Waals surface area contributed by atoms with Crippen LogP contribution in [0.2, 0.25) is 0 Å². The summed E-state index contributed by atoms with van der Waals surface area (Å²) in [5.74, 6) is 1.92. The van der Waals surface area contributed by atoms with E-state index in [1.54, 1.807) is 30.0 Å². The van der Waals surface area contributed by atoms with Gasteiger partial charge in [0.1, 0.15) is 5.82 Å². The topological polar surface area (TPSA) is 83.1 Å². The normalized spacial score (nSPS) is 15.2. The minimum atomic E-state index is -0.425. The van der Waals surface area contributed by atoms with Gasteiger partial charge in [-0.05, 0) is 25.8 Å². The molecule has 7 nitrogen and oxygen atoms in total. The van der Waals surface area contributed by atoms with Crippen molar-refractivity contribution in [3.63, 3.8) is 0 Å². The van der Waals surface area contributed by atoms with E-state index in [1.165, 1.54) is 38.2 Å². The van der Waals surface area contributed by atoms with E-state index < -0.39 is 4.92 Å². The van der Waals surface area contributed by atoms with Crippen LogP contribution in [0.25, 0.3) is 0 Å². The van der Waals surface area contributed by atoms with E-state index in [4.69, 9.17) is 4.74 Å². The van der Waals surface area contributed by atoms with E-state index in [2.05, 4.69) is 14.8 Å². The van der Waals surface area contributed by atoms with Gasteiger partial charge in [0.2, 0.25) is 0 Å². The molecule has 1 saturated carbocycles. The van der Waals surface area contributed by atoms with Gasteiger partial charge in [-0.3, -0.25) is 10.1 Å². The molecule has 3 rings (SSSR count). The Morgan fingerprint density at radius 1 is 1.28 bits per heavy atom. The summed E-state index contributed by atoms with van der Waals surface area (Å²) in [7, 11) is 0. The van der Waals surface area contributed by atoms with E-state index in [-0.39, 0.29) is 5.69 Å². The van der Waals surface area contributed by atoms with Gasteiger partial charge in [-0.1, -0.05) is 43.2 Å². The summed E-state index contributed by atoms with van der Waals surface area (Å²) in [6.07, 6.45) is 6.18. The highest BCUT2D eigenvalue weighted by Crippen LogP contribution is 2.32. The fourth-order valence-corrected chi connectivity index (χ4v) is 4.09. The first-order valence-electron chi connectivity index (χ1n) is 8.57. The Bertz CT molecular complexity index is 728. The van der Waals surface area contributed by atoms with Gasteiger partial charge in [0, 0.05) is 17.9 Å². The summed E-state index contributed by atoms with van der Waals surface area (Å²) in [5.41, 5.74) is -0.00582. The molecule has 1 aromatic heterocycles. The van der Waals surface area contributed by atoms with Crippen LogP contribution in [0.4, 0.5) is 5.69 Å². The summed E-state index contributed by atoms with van der Waals surface area (Å²) in [4.78, 5) is 10.6. The predicted octanol–water partition coefficient (Wildman–Crippen LogP) is 4.17. The van der Waals surface area contributed by atoms with Crippen molar-refractivity contribution in [3.8, 4) is 5.75 Å².